The molecule has 1 saturated heterocycles. The molecule has 3 heterocycles. The van der Waals surface area contributed by atoms with Gasteiger partial charge in [0, 0.05) is 29.9 Å². The molecule has 3 rings (SSSR count). The van der Waals surface area contributed by atoms with E-state index in [-0.39, 0.29) is 27.7 Å². The summed E-state index contributed by atoms with van der Waals surface area (Å²) >= 11 is 0. The molecule has 2 aromatic rings. The lowest BCUT2D eigenvalue weighted by molar-refractivity contribution is 0.0981. The van der Waals surface area contributed by atoms with E-state index >= 15 is 0 Å². The van der Waals surface area contributed by atoms with E-state index in [1.54, 1.807) is 12.1 Å². The molecule has 0 aromatic carbocycles. The molecular weight excluding hydrogens is 426 g/mol. The second-order valence-corrected chi connectivity index (χ2v) is 11.1. The van der Waals surface area contributed by atoms with Gasteiger partial charge in [-0.3, -0.25) is 4.79 Å². The Kier molecular flexibility index (Phi) is 6.51. The third-order valence-corrected chi connectivity index (χ3v) is 8.25. The third kappa shape index (κ3) is 4.44. The highest BCUT2D eigenvalue weighted by atomic mass is 32.2. The number of anilines is 2. The molecule has 1 aliphatic rings. The van der Waals surface area contributed by atoms with Gasteiger partial charge >= 0.3 is 0 Å². The van der Waals surface area contributed by atoms with Crippen LogP contribution in [0, 0.1) is 11.8 Å². The Labute approximate surface area is 190 Å². The van der Waals surface area contributed by atoms with Crippen molar-refractivity contribution in [2.75, 3.05) is 17.2 Å². The van der Waals surface area contributed by atoms with Gasteiger partial charge in [0.2, 0.25) is 0 Å². The van der Waals surface area contributed by atoms with E-state index in [9.17, 15) is 13.2 Å². The van der Waals surface area contributed by atoms with Crippen LogP contribution in [0.25, 0.3) is 0 Å². The summed E-state index contributed by atoms with van der Waals surface area (Å²) in [5, 5.41) is 0. The number of rotatable bonds is 6. The molecular formula is C23H33N5O3S. The van der Waals surface area contributed by atoms with Crippen LogP contribution in [0.1, 0.15) is 69.9 Å². The highest BCUT2D eigenvalue weighted by Crippen LogP contribution is 2.39. The Morgan fingerprint density at radius 3 is 2.50 bits per heavy atom. The minimum absolute atomic E-state index is 0.165. The lowest BCUT2D eigenvalue weighted by atomic mass is 9.90. The van der Waals surface area contributed by atoms with Crippen LogP contribution >= 0.6 is 0 Å². The largest absolute Gasteiger partial charge is 0.383 e. The molecule has 0 aliphatic carbocycles. The zero-order valence-electron chi connectivity index (χ0n) is 19.6. The summed E-state index contributed by atoms with van der Waals surface area (Å²) in [4.78, 5) is 23.8. The summed E-state index contributed by atoms with van der Waals surface area (Å²) in [6, 6.07) is 6.25. The van der Waals surface area contributed by atoms with Gasteiger partial charge in [-0.2, -0.15) is 0 Å². The number of hydrogen-bond acceptors (Lipinski definition) is 7. The highest BCUT2D eigenvalue weighted by Gasteiger charge is 2.41. The fourth-order valence-electron chi connectivity index (χ4n) is 3.91. The Morgan fingerprint density at radius 1 is 1.25 bits per heavy atom. The number of nitrogens with two attached hydrogens (primary N) is 1. The van der Waals surface area contributed by atoms with E-state index < -0.39 is 15.9 Å². The van der Waals surface area contributed by atoms with Crippen molar-refractivity contribution in [1.29, 1.82) is 0 Å². The molecule has 2 aromatic heterocycles. The summed E-state index contributed by atoms with van der Waals surface area (Å²) in [7, 11) is -4.19. The van der Waals surface area contributed by atoms with E-state index in [0.717, 1.165) is 18.7 Å². The van der Waals surface area contributed by atoms with Crippen molar-refractivity contribution < 1.29 is 13.2 Å². The van der Waals surface area contributed by atoms with Crippen LogP contribution in [-0.2, 0) is 10.0 Å². The predicted molar refractivity (Wildman–Crippen MR) is 126 cm³/mol. The quantitative estimate of drug-likeness (QED) is 0.678. The molecule has 8 nitrogen and oxygen atoms in total. The minimum atomic E-state index is -4.19. The maximum absolute atomic E-state index is 13.2. The molecule has 1 fully saturated rings. The summed E-state index contributed by atoms with van der Waals surface area (Å²) < 4.78 is 27.8. The molecule has 0 spiro atoms. The summed E-state index contributed by atoms with van der Waals surface area (Å²) in [5.41, 5.74) is 6.59. The van der Waals surface area contributed by atoms with Crippen molar-refractivity contribution >= 4 is 27.6 Å². The Bertz CT molecular complexity index is 1110. The summed E-state index contributed by atoms with van der Waals surface area (Å²) in [6.45, 7) is 13.5. The highest BCUT2D eigenvalue weighted by molar-refractivity contribution is 7.90. The van der Waals surface area contributed by atoms with Crippen molar-refractivity contribution in [3.63, 3.8) is 0 Å². The first-order valence-corrected chi connectivity index (χ1v) is 12.4. The first kappa shape index (κ1) is 24.0. The van der Waals surface area contributed by atoms with Gasteiger partial charge in [0.1, 0.15) is 16.5 Å². The first-order chi connectivity index (χ1) is 14.9. The Hall–Kier alpha value is -2.68. The molecule has 1 amide bonds. The standard InChI is InChI=1S/C23H33N5O3S/c1-14(2)16(4)18-10-9-17(21(26-18)28-13-11-15(3)23(28,5)6)22(29)27-32(30,31)19-8-7-12-25-20(19)24/h7-10,12,14-16H,11,13H2,1-6H3,(H2,24,25)(H,27,29). The van der Waals surface area contributed by atoms with Crippen LogP contribution in [-0.4, -0.2) is 36.4 Å². The number of aromatic nitrogens is 2. The number of carbonyl (C=O) groups is 1. The number of sulfonamides is 1. The number of nitrogen functional groups attached to an aromatic ring is 1. The molecule has 2 unspecified atom stereocenters. The smallest absolute Gasteiger partial charge is 0.268 e. The number of amides is 1. The van der Waals surface area contributed by atoms with Gasteiger partial charge in [0.25, 0.3) is 15.9 Å². The molecule has 0 radical (unpaired) electrons. The summed E-state index contributed by atoms with van der Waals surface area (Å²) in [6.07, 6.45) is 2.35. The minimum Gasteiger partial charge on any atom is -0.383 e. The fourth-order valence-corrected chi connectivity index (χ4v) is 4.96. The van der Waals surface area contributed by atoms with Crippen molar-refractivity contribution in [2.45, 2.75) is 64.3 Å². The van der Waals surface area contributed by atoms with Gasteiger partial charge in [-0.05, 0) is 56.4 Å². The van der Waals surface area contributed by atoms with Crippen LogP contribution in [0.5, 0.6) is 0 Å². The van der Waals surface area contributed by atoms with Gasteiger partial charge in [0.15, 0.2) is 0 Å². The average Bonchev–Trinajstić information content (AvgIpc) is 2.99. The van der Waals surface area contributed by atoms with Gasteiger partial charge in [0.05, 0.1) is 5.56 Å². The van der Waals surface area contributed by atoms with Gasteiger partial charge < -0.3 is 10.6 Å². The Balaban J connectivity index is 2.05. The zero-order chi connectivity index (χ0) is 23.8. The molecule has 0 saturated carbocycles. The lowest BCUT2D eigenvalue weighted by Crippen LogP contribution is -2.44. The number of nitrogens with one attached hydrogen (secondary N) is 1. The van der Waals surface area contributed by atoms with Crippen molar-refractivity contribution in [1.82, 2.24) is 14.7 Å². The predicted octanol–water partition coefficient (Wildman–Crippen LogP) is 3.56. The fraction of sp³-hybridized carbons (Fsp3) is 0.522. The van der Waals surface area contributed by atoms with E-state index in [1.807, 2.05) is 0 Å². The molecule has 32 heavy (non-hydrogen) atoms. The maximum atomic E-state index is 13.2. The second kappa shape index (κ2) is 8.69. The number of nitrogens with zero attached hydrogens (tertiary/aromatic N) is 3. The van der Waals surface area contributed by atoms with E-state index in [2.05, 4.69) is 56.1 Å². The monoisotopic (exact) mass is 459 g/mol. The number of pyridine rings is 2. The van der Waals surface area contributed by atoms with E-state index in [0.29, 0.717) is 17.7 Å². The van der Waals surface area contributed by atoms with Gasteiger partial charge in [-0.15, -0.1) is 0 Å². The third-order valence-electron chi connectivity index (χ3n) is 6.87. The number of carbonyl (C=O) groups excluding carboxylic acids is 1. The summed E-state index contributed by atoms with van der Waals surface area (Å²) in [5.74, 6) is 0.556. The molecule has 2 atom stereocenters. The average molecular weight is 460 g/mol. The van der Waals surface area contributed by atoms with E-state index in [4.69, 9.17) is 10.7 Å². The van der Waals surface area contributed by atoms with Crippen LogP contribution in [0.4, 0.5) is 11.6 Å². The SMILES string of the molecule is CC(C)C(C)c1ccc(C(=O)NS(=O)(=O)c2cccnc2N)c(N2CCC(C)C2(C)C)n1. The van der Waals surface area contributed by atoms with Crippen molar-refractivity contribution in [3.8, 4) is 0 Å². The van der Waals surface area contributed by atoms with E-state index in [1.165, 1.54) is 18.3 Å². The van der Waals surface area contributed by atoms with Crippen LogP contribution < -0.4 is 15.4 Å². The van der Waals surface area contributed by atoms with Crippen LogP contribution in [0.2, 0.25) is 0 Å². The normalized spacial score (nSPS) is 19.2. The van der Waals surface area contributed by atoms with Crippen molar-refractivity contribution in [2.24, 2.45) is 11.8 Å². The molecule has 9 heteroatoms. The topological polar surface area (TPSA) is 118 Å². The van der Waals surface area contributed by atoms with Gasteiger partial charge in [-0.25, -0.2) is 23.1 Å². The molecule has 1 aliphatic heterocycles. The van der Waals surface area contributed by atoms with Crippen LogP contribution in [0.15, 0.2) is 35.4 Å². The first-order valence-electron chi connectivity index (χ1n) is 10.9. The second-order valence-electron chi connectivity index (χ2n) is 9.46. The maximum Gasteiger partial charge on any atom is 0.268 e. The zero-order valence-corrected chi connectivity index (χ0v) is 20.4. The lowest BCUT2D eigenvalue weighted by Gasteiger charge is -2.37. The number of hydrogen-bond donors (Lipinski definition) is 2. The molecule has 174 valence electrons. The molecule has 3 N–H and O–H groups in total. The van der Waals surface area contributed by atoms with Crippen molar-refractivity contribution in [3.05, 3.63) is 41.7 Å². The Morgan fingerprint density at radius 2 is 1.94 bits per heavy atom. The molecule has 0 bridgehead atoms. The van der Waals surface area contributed by atoms with Gasteiger partial charge in [-0.1, -0.05) is 27.7 Å². The van der Waals surface area contributed by atoms with Crippen LogP contribution in [0.3, 0.4) is 0 Å².